The fraction of sp³-hybridized carbons (Fsp3) is 0.625. The topological polar surface area (TPSA) is 84.9 Å². The zero-order valence-corrected chi connectivity index (χ0v) is 8.92. The molecule has 6 heteroatoms. The zero-order chi connectivity index (χ0) is 10.4. The monoisotopic (exact) mass is 214 g/mol. The summed E-state index contributed by atoms with van der Waals surface area (Å²) in [6, 6.07) is 0. The number of hydrogen-bond donors (Lipinski definition) is 2. The highest BCUT2D eigenvalue weighted by Crippen LogP contribution is 2.10. The molecule has 3 N–H and O–H groups in total. The summed E-state index contributed by atoms with van der Waals surface area (Å²) in [4.78, 5) is 12.2. The number of aromatic nitrogens is 3. The van der Waals surface area contributed by atoms with Gasteiger partial charge in [0.15, 0.2) is 5.16 Å². The fourth-order valence-electron chi connectivity index (χ4n) is 1.01. The highest BCUT2D eigenvalue weighted by molar-refractivity contribution is 7.98. The van der Waals surface area contributed by atoms with Crippen molar-refractivity contribution in [3.8, 4) is 0 Å². The lowest BCUT2D eigenvalue weighted by Crippen LogP contribution is -2.04. The Balaban J connectivity index is 2.62. The van der Waals surface area contributed by atoms with Gasteiger partial charge in [-0.15, -0.1) is 0 Å². The van der Waals surface area contributed by atoms with Crippen LogP contribution in [0, 0.1) is 0 Å². The molecule has 14 heavy (non-hydrogen) atoms. The Hall–Kier alpha value is -0.880. The minimum Gasteiger partial charge on any atom is -0.396 e. The first-order valence-electron chi connectivity index (χ1n) is 4.41. The molecular formula is C8H14N4OS. The molecule has 0 bridgehead atoms. The first kappa shape index (κ1) is 11.2. The van der Waals surface area contributed by atoms with Gasteiger partial charge in [-0.3, -0.25) is 0 Å². The average molecular weight is 214 g/mol. The Morgan fingerprint density at radius 2 is 2.07 bits per heavy atom. The van der Waals surface area contributed by atoms with E-state index in [2.05, 4.69) is 15.0 Å². The molecule has 0 aliphatic carbocycles. The molecule has 0 radical (unpaired) electrons. The largest absolute Gasteiger partial charge is 0.396 e. The van der Waals surface area contributed by atoms with Crippen molar-refractivity contribution in [3.05, 3.63) is 5.82 Å². The lowest BCUT2D eigenvalue weighted by atomic mass is 10.2. The summed E-state index contributed by atoms with van der Waals surface area (Å²) < 4.78 is 0. The van der Waals surface area contributed by atoms with Gasteiger partial charge in [-0.2, -0.15) is 9.97 Å². The number of rotatable bonds is 5. The van der Waals surface area contributed by atoms with Gasteiger partial charge in [0.25, 0.3) is 0 Å². The van der Waals surface area contributed by atoms with Crippen molar-refractivity contribution in [3.63, 3.8) is 0 Å². The van der Waals surface area contributed by atoms with E-state index < -0.39 is 0 Å². The second-order valence-corrected chi connectivity index (χ2v) is 3.55. The predicted molar refractivity (Wildman–Crippen MR) is 56.0 cm³/mol. The normalized spacial score (nSPS) is 10.4. The number of aliphatic hydroxyl groups is 1. The number of nitrogen functional groups attached to an aromatic ring is 1. The van der Waals surface area contributed by atoms with Crippen LogP contribution in [0.5, 0.6) is 0 Å². The lowest BCUT2D eigenvalue weighted by Gasteiger charge is -2.01. The van der Waals surface area contributed by atoms with E-state index in [0.717, 1.165) is 19.3 Å². The third-order valence-electron chi connectivity index (χ3n) is 1.67. The van der Waals surface area contributed by atoms with Crippen LogP contribution < -0.4 is 5.73 Å². The maximum Gasteiger partial charge on any atom is 0.224 e. The number of aryl methyl sites for hydroxylation is 1. The van der Waals surface area contributed by atoms with Gasteiger partial charge < -0.3 is 10.8 Å². The van der Waals surface area contributed by atoms with Crippen molar-refractivity contribution in [2.75, 3.05) is 18.6 Å². The number of aliphatic hydroxyl groups excluding tert-OH is 1. The summed E-state index contributed by atoms with van der Waals surface area (Å²) in [5.41, 5.74) is 5.51. The van der Waals surface area contributed by atoms with Gasteiger partial charge in [-0.1, -0.05) is 11.8 Å². The SMILES string of the molecule is CSc1nc(N)nc(CCCCO)n1. The maximum atomic E-state index is 8.62. The van der Waals surface area contributed by atoms with Crippen molar-refractivity contribution in [1.82, 2.24) is 15.0 Å². The molecule has 0 unspecified atom stereocenters. The van der Waals surface area contributed by atoms with Crippen LogP contribution >= 0.6 is 11.8 Å². The number of anilines is 1. The molecule has 0 saturated carbocycles. The van der Waals surface area contributed by atoms with Gasteiger partial charge in [-0.25, -0.2) is 4.98 Å². The van der Waals surface area contributed by atoms with E-state index in [-0.39, 0.29) is 12.6 Å². The Kier molecular flexibility index (Phi) is 4.61. The van der Waals surface area contributed by atoms with E-state index >= 15 is 0 Å². The summed E-state index contributed by atoms with van der Waals surface area (Å²) in [6.07, 6.45) is 4.26. The first-order valence-corrected chi connectivity index (χ1v) is 5.64. The lowest BCUT2D eigenvalue weighted by molar-refractivity contribution is 0.284. The second-order valence-electron chi connectivity index (χ2n) is 2.78. The molecule has 1 rings (SSSR count). The summed E-state index contributed by atoms with van der Waals surface area (Å²) in [5, 5.41) is 9.27. The molecule has 1 heterocycles. The number of thioether (sulfide) groups is 1. The first-order chi connectivity index (χ1) is 6.76. The Bertz CT molecular complexity index is 295. The minimum absolute atomic E-state index is 0.204. The van der Waals surface area contributed by atoms with Crippen LogP contribution in [-0.4, -0.2) is 32.9 Å². The van der Waals surface area contributed by atoms with Crippen LogP contribution in [0.2, 0.25) is 0 Å². The molecule has 78 valence electrons. The quantitative estimate of drug-likeness (QED) is 0.548. The molecule has 0 aliphatic rings. The fourth-order valence-corrected chi connectivity index (χ4v) is 1.40. The molecule has 0 aromatic carbocycles. The molecule has 0 atom stereocenters. The third kappa shape index (κ3) is 3.47. The van der Waals surface area contributed by atoms with Gasteiger partial charge in [0.1, 0.15) is 5.82 Å². The van der Waals surface area contributed by atoms with Crippen molar-refractivity contribution in [2.24, 2.45) is 0 Å². The van der Waals surface area contributed by atoms with Gasteiger partial charge in [-0.05, 0) is 19.1 Å². The molecule has 0 fully saturated rings. The van der Waals surface area contributed by atoms with Crippen LogP contribution in [0.4, 0.5) is 5.95 Å². The van der Waals surface area contributed by atoms with Gasteiger partial charge in [0, 0.05) is 13.0 Å². The maximum absolute atomic E-state index is 8.62. The van der Waals surface area contributed by atoms with E-state index in [0.29, 0.717) is 11.0 Å². The van der Waals surface area contributed by atoms with Crippen LogP contribution in [0.1, 0.15) is 18.7 Å². The van der Waals surface area contributed by atoms with Crippen LogP contribution in [-0.2, 0) is 6.42 Å². The number of nitrogens with two attached hydrogens (primary N) is 1. The molecular weight excluding hydrogens is 200 g/mol. The predicted octanol–water partition coefficient (Wildman–Crippen LogP) is 0.491. The van der Waals surface area contributed by atoms with E-state index in [1.807, 2.05) is 6.26 Å². The van der Waals surface area contributed by atoms with Crippen molar-refractivity contribution < 1.29 is 5.11 Å². The van der Waals surface area contributed by atoms with Gasteiger partial charge in [0.05, 0.1) is 0 Å². The van der Waals surface area contributed by atoms with Crippen LogP contribution in [0.15, 0.2) is 5.16 Å². The van der Waals surface area contributed by atoms with E-state index in [9.17, 15) is 0 Å². The number of unbranched alkanes of at least 4 members (excludes halogenated alkanes) is 1. The average Bonchev–Trinajstić information content (AvgIpc) is 2.17. The number of nitrogens with zero attached hydrogens (tertiary/aromatic N) is 3. The molecule has 0 aliphatic heterocycles. The summed E-state index contributed by atoms with van der Waals surface area (Å²) in [7, 11) is 0. The smallest absolute Gasteiger partial charge is 0.224 e. The zero-order valence-electron chi connectivity index (χ0n) is 8.10. The Labute approximate surface area is 87.2 Å². The minimum atomic E-state index is 0.204. The van der Waals surface area contributed by atoms with Gasteiger partial charge >= 0.3 is 0 Å². The molecule has 5 nitrogen and oxygen atoms in total. The van der Waals surface area contributed by atoms with Crippen LogP contribution in [0.25, 0.3) is 0 Å². The highest BCUT2D eigenvalue weighted by atomic mass is 32.2. The van der Waals surface area contributed by atoms with E-state index in [1.54, 1.807) is 0 Å². The second kappa shape index (κ2) is 5.77. The number of hydrogen-bond acceptors (Lipinski definition) is 6. The molecule has 0 spiro atoms. The summed E-state index contributed by atoms with van der Waals surface area (Å²) in [6.45, 7) is 0.204. The van der Waals surface area contributed by atoms with Gasteiger partial charge in [0.2, 0.25) is 5.95 Å². The molecule has 1 aromatic rings. The Morgan fingerprint density at radius 3 is 2.71 bits per heavy atom. The molecule has 0 saturated heterocycles. The van der Waals surface area contributed by atoms with Crippen LogP contribution in [0.3, 0.4) is 0 Å². The van der Waals surface area contributed by atoms with Crippen molar-refractivity contribution in [1.29, 1.82) is 0 Å². The van der Waals surface area contributed by atoms with E-state index in [1.165, 1.54) is 11.8 Å². The highest BCUT2D eigenvalue weighted by Gasteiger charge is 2.02. The summed E-state index contributed by atoms with van der Waals surface area (Å²) >= 11 is 1.44. The van der Waals surface area contributed by atoms with E-state index in [4.69, 9.17) is 10.8 Å². The molecule has 1 aromatic heterocycles. The van der Waals surface area contributed by atoms with Crippen molar-refractivity contribution >= 4 is 17.7 Å². The Morgan fingerprint density at radius 1 is 1.29 bits per heavy atom. The van der Waals surface area contributed by atoms with Crippen molar-refractivity contribution in [2.45, 2.75) is 24.4 Å². The molecule has 0 amide bonds. The standard InChI is InChI=1S/C8H14N4OS/c1-14-8-11-6(4-2-3-5-13)10-7(9)12-8/h13H,2-5H2,1H3,(H2,9,10,11,12). The summed E-state index contributed by atoms with van der Waals surface area (Å²) in [5.74, 6) is 0.971. The third-order valence-corrected chi connectivity index (χ3v) is 2.22.